The van der Waals surface area contributed by atoms with Gasteiger partial charge in [0.15, 0.2) is 9.84 Å². The van der Waals surface area contributed by atoms with Crippen molar-refractivity contribution in [2.75, 3.05) is 12.3 Å². The Bertz CT molecular complexity index is 655. The van der Waals surface area contributed by atoms with Crippen molar-refractivity contribution in [2.24, 2.45) is 5.92 Å². The molecule has 2 N–H and O–H groups in total. The number of halogens is 1. The van der Waals surface area contributed by atoms with Gasteiger partial charge in [0.1, 0.15) is 5.75 Å². The van der Waals surface area contributed by atoms with Crippen molar-refractivity contribution in [1.29, 1.82) is 0 Å². The van der Waals surface area contributed by atoms with Crippen LogP contribution in [-0.4, -0.2) is 37.7 Å². The Morgan fingerprint density at radius 2 is 1.95 bits per heavy atom. The summed E-state index contributed by atoms with van der Waals surface area (Å²) >= 11 is 5.72. The van der Waals surface area contributed by atoms with Crippen LogP contribution in [0.25, 0.3) is 0 Å². The van der Waals surface area contributed by atoms with Gasteiger partial charge in [-0.1, -0.05) is 25.4 Å². The molecule has 1 rings (SSSR count). The number of nitrogens with one attached hydrogen (secondary N) is 1. The van der Waals surface area contributed by atoms with E-state index in [-0.39, 0.29) is 21.4 Å². The molecule has 0 atom stereocenters. The highest BCUT2D eigenvalue weighted by atomic mass is 35.5. The van der Waals surface area contributed by atoms with Gasteiger partial charge >= 0.3 is 5.97 Å². The molecule has 0 aliphatic rings. The second kappa shape index (κ2) is 6.91. The molecule has 0 bridgehead atoms. The zero-order chi connectivity index (χ0) is 16.2. The standard InChI is InChI=1S/C13H16ClNO5S/c1-8(2)6-15-12(16)7-21(19,20)9-3-4-10(13(17)18)11(14)5-9/h3-5,8H,6-7H2,1-2H3,(H,15,16)(H,17,18). The topological polar surface area (TPSA) is 101 Å². The lowest BCUT2D eigenvalue weighted by Crippen LogP contribution is -2.32. The third-order valence-electron chi connectivity index (χ3n) is 2.56. The van der Waals surface area contributed by atoms with E-state index >= 15 is 0 Å². The van der Waals surface area contributed by atoms with Crippen LogP contribution in [0.3, 0.4) is 0 Å². The normalized spacial score (nSPS) is 11.4. The molecule has 1 amide bonds. The number of carboxylic acid groups (broad SMARTS) is 1. The molecule has 0 aliphatic carbocycles. The van der Waals surface area contributed by atoms with Crippen molar-refractivity contribution in [3.8, 4) is 0 Å². The zero-order valence-corrected chi connectivity index (χ0v) is 13.2. The van der Waals surface area contributed by atoms with Crippen molar-refractivity contribution < 1.29 is 23.1 Å². The highest BCUT2D eigenvalue weighted by molar-refractivity contribution is 7.92. The van der Waals surface area contributed by atoms with Crippen LogP contribution in [0.5, 0.6) is 0 Å². The van der Waals surface area contributed by atoms with E-state index in [0.29, 0.717) is 6.54 Å². The largest absolute Gasteiger partial charge is 0.478 e. The van der Waals surface area contributed by atoms with Crippen molar-refractivity contribution in [2.45, 2.75) is 18.7 Å². The van der Waals surface area contributed by atoms with Crippen LogP contribution >= 0.6 is 11.6 Å². The fourth-order valence-corrected chi connectivity index (χ4v) is 3.00. The number of sulfone groups is 1. The molecule has 0 radical (unpaired) electrons. The molecule has 0 unspecified atom stereocenters. The number of rotatable bonds is 6. The molecule has 6 nitrogen and oxygen atoms in total. The minimum absolute atomic E-state index is 0.183. The summed E-state index contributed by atoms with van der Waals surface area (Å²) in [6.07, 6.45) is 0. The average Bonchev–Trinajstić information content (AvgIpc) is 2.35. The Labute approximate surface area is 128 Å². The smallest absolute Gasteiger partial charge is 0.337 e. The highest BCUT2D eigenvalue weighted by Gasteiger charge is 2.21. The lowest BCUT2D eigenvalue weighted by molar-refractivity contribution is -0.118. The zero-order valence-electron chi connectivity index (χ0n) is 11.6. The van der Waals surface area contributed by atoms with Gasteiger partial charge in [0.05, 0.1) is 15.5 Å². The summed E-state index contributed by atoms with van der Waals surface area (Å²) in [6, 6.07) is 3.26. The van der Waals surface area contributed by atoms with Gasteiger partial charge in [-0.25, -0.2) is 13.2 Å². The van der Waals surface area contributed by atoms with Crippen LogP contribution in [0.1, 0.15) is 24.2 Å². The van der Waals surface area contributed by atoms with Gasteiger partial charge in [-0.05, 0) is 24.1 Å². The first-order chi connectivity index (χ1) is 9.63. The van der Waals surface area contributed by atoms with E-state index in [2.05, 4.69) is 5.32 Å². The Morgan fingerprint density at radius 3 is 2.43 bits per heavy atom. The van der Waals surface area contributed by atoms with E-state index in [1.807, 2.05) is 13.8 Å². The molecule has 116 valence electrons. The van der Waals surface area contributed by atoms with E-state index in [0.717, 1.165) is 18.2 Å². The maximum absolute atomic E-state index is 12.1. The number of benzene rings is 1. The molecular weight excluding hydrogens is 318 g/mol. The Hall–Kier alpha value is -1.60. The second-order valence-corrected chi connectivity index (χ2v) is 7.30. The summed E-state index contributed by atoms with van der Waals surface area (Å²) in [7, 11) is -3.86. The third kappa shape index (κ3) is 5.02. The SMILES string of the molecule is CC(C)CNC(=O)CS(=O)(=O)c1ccc(C(=O)O)c(Cl)c1. The highest BCUT2D eigenvalue weighted by Crippen LogP contribution is 2.21. The molecule has 0 heterocycles. The van der Waals surface area contributed by atoms with Gasteiger partial charge in [0, 0.05) is 6.54 Å². The average molecular weight is 334 g/mol. The van der Waals surface area contributed by atoms with E-state index in [9.17, 15) is 18.0 Å². The van der Waals surface area contributed by atoms with Crippen LogP contribution in [0.4, 0.5) is 0 Å². The number of carboxylic acids is 1. The Morgan fingerprint density at radius 1 is 1.33 bits per heavy atom. The van der Waals surface area contributed by atoms with Gasteiger partial charge in [-0.2, -0.15) is 0 Å². The maximum Gasteiger partial charge on any atom is 0.337 e. The van der Waals surface area contributed by atoms with Crippen molar-refractivity contribution in [3.05, 3.63) is 28.8 Å². The molecule has 1 aromatic rings. The van der Waals surface area contributed by atoms with E-state index < -0.39 is 27.5 Å². The molecule has 0 saturated carbocycles. The summed E-state index contributed by atoms with van der Waals surface area (Å²) in [5.41, 5.74) is -0.195. The van der Waals surface area contributed by atoms with Crippen LogP contribution in [0.2, 0.25) is 5.02 Å². The van der Waals surface area contributed by atoms with Crippen molar-refractivity contribution >= 4 is 33.3 Å². The molecule has 21 heavy (non-hydrogen) atoms. The predicted molar refractivity (Wildman–Crippen MR) is 78.3 cm³/mol. The third-order valence-corrected chi connectivity index (χ3v) is 4.49. The number of hydrogen-bond acceptors (Lipinski definition) is 4. The minimum atomic E-state index is -3.86. The van der Waals surface area contributed by atoms with Gasteiger partial charge < -0.3 is 10.4 Å². The molecule has 1 aromatic carbocycles. The van der Waals surface area contributed by atoms with Gasteiger partial charge in [0.25, 0.3) is 0 Å². The molecule has 0 spiro atoms. The second-order valence-electron chi connectivity index (χ2n) is 4.90. The molecule has 0 aliphatic heterocycles. The first-order valence-electron chi connectivity index (χ1n) is 6.16. The summed E-state index contributed by atoms with van der Waals surface area (Å²) in [5, 5.41) is 11.1. The fourth-order valence-electron chi connectivity index (χ4n) is 1.49. The number of carbonyl (C=O) groups is 2. The monoisotopic (exact) mass is 333 g/mol. The van der Waals surface area contributed by atoms with Crippen molar-refractivity contribution in [1.82, 2.24) is 5.32 Å². The summed E-state index contributed by atoms with van der Waals surface area (Å²) in [4.78, 5) is 22.2. The van der Waals surface area contributed by atoms with Gasteiger partial charge in [-0.3, -0.25) is 4.79 Å². The van der Waals surface area contributed by atoms with Gasteiger partial charge in [0.2, 0.25) is 5.91 Å². The molecule has 0 saturated heterocycles. The first kappa shape index (κ1) is 17.5. The number of carbonyl (C=O) groups excluding carboxylic acids is 1. The molecule has 0 aromatic heterocycles. The summed E-state index contributed by atoms with van der Waals surface area (Å²) in [5.74, 6) is -2.36. The quantitative estimate of drug-likeness (QED) is 0.823. The lowest BCUT2D eigenvalue weighted by Gasteiger charge is -2.09. The van der Waals surface area contributed by atoms with E-state index in [1.54, 1.807) is 0 Å². The minimum Gasteiger partial charge on any atom is -0.478 e. The van der Waals surface area contributed by atoms with Crippen LogP contribution in [0, 0.1) is 5.92 Å². The maximum atomic E-state index is 12.1. The molecular formula is C13H16ClNO5S. The molecule has 8 heteroatoms. The number of hydrogen-bond donors (Lipinski definition) is 2. The number of aromatic carboxylic acids is 1. The Kier molecular flexibility index (Phi) is 5.74. The number of amides is 1. The lowest BCUT2D eigenvalue weighted by atomic mass is 10.2. The molecule has 0 fully saturated rings. The van der Waals surface area contributed by atoms with Gasteiger partial charge in [-0.15, -0.1) is 0 Å². The van der Waals surface area contributed by atoms with Crippen LogP contribution < -0.4 is 5.32 Å². The fraction of sp³-hybridized carbons (Fsp3) is 0.385. The summed E-state index contributed by atoms with van der Waals surface area (Å²) in [6.45, 7) is 4.16. The van der Waals surface area contributed by atoms with E-state index in [4.69, 9.17) is 16.7 Å². The summed E-state index contributed by atoms with van der Waals surface area (Å²) < 4.78 is 24.1. The Balaban J connectivity index is 2.91. The first-order valence-corrected chi connectivity index (χ1v) is 8.19. The van der Waals surface area contributed by atoms with Crippen LogP contribution in [0.15, 0.2) is 23.1 Å². The van der Waals surface area contributed by atoms with Crippen molar-refractivity contribution in [3.63, 3.8) is 0 Å². The van der Waals surface area contributed by atoms with E-state index in [1.165, 1.54) is 0 Å². The predicted octanol–water partition coefficient (Wildman–Crippen LogP) is 1.58. The van der Waals surface area contributed by atoms with Crippen LogP contribution in [-0.2, 0) is 14.6 Å².